The van der Waals surface area contributed by atoms with Crippen molar-refractivity contribution in [3.05, 3.63) is 48.4 Å². The van der Waals surface area contributed by atoms with Gasteiger partial charge >= 0.3 is 0 Å². The number of para-hydroxylation sites is 1. The van der Waals surface area contributed by atoms with Crippen molar-refractivity contribution in [3.63, 3.8) is 0 Å². The number of unbranched alkanes of at least 4 members (excludes halogenated alkanes) is 1. The first kappa shape index (κ1) is 16.6. The van der Waals surface area contributed by atoms with Crippen molar-refractivity contribution in [1.82, 2.24) is 14.8 Å². The summed E-state index contributed by atoms with van der Waals surface area (Å²) in [6, 6.07) is 8.54. The van der Waals surface area contributed by atoms with Gasteiger partial charge in [0.2, 0.25) is 0 Å². The van der Waals surface area contributed by atoms with Crippen LogP contribution in [0.15, 0.2) is 42.7 Å². The van der Waals surface area contributed by atoms with Gasteiger partial charge in [-0.05, 0) is 25.0 Å². The van der Waals surface area contributed by atoms with E-state index >= 15 is 0 Å². The molecule has 0 atom stereocenters. The van der Waals surface area contributed by atoms with Crippen LogP contribution in [0.2, 0.25) is 0 Å². The largest absolute Gasteiger partial charge is 0.382 e. The summed E-state index contributed by atoms with van der Waals surface area (Å²) in [6.45, 7) is 7.17. The molecule has 4 rings (SSSR count). The summed E-state index contributed by atoms with van der Waals surface area (Å²) in [5.41, 5.74) is 7.58. The van der Waals surface area contributed by atoms with Crippen molar-refractivity contribution in [2.75, 3.05) is 17.2 Å². The Kier molecular flexibility index (Phi) is 4.37. The van der Waals surface area contributed by atoms with Crippen molar-refractivity contribution in [1.29, 1.82) is 0 Å². The van der Waals surface area contributed by atoms with Gasteiger partial charge in [0.1, 0.15) is 0 Å². The Morgan fingerprint density at radius 3 is 3.04 bits per heavy atom. The highest BCUT2D eigenvalue weighted by atomic mass is 15.3. The van der Waals surface area contributed by atoms with Gasteiger partial charge in [-0.1, -0.05) is 32.1 Å². The zero-order chi connectivity index (χ0) is 18.1. The third-order valence-electron chi connectivity index (χ3n) is 4.94. The fourth-order valence-electron chi connectivity index (χ4n) is 3.57. The van der Waals surface area contributed by atoms with Gasteiger partial charge in [0, 0.05) is 48.4 Å². The number of nitrogens with zero attached hydrogens (tertiary/aromatic N) is 3. The van der Waals surface area contributed by atoms with Crippen LogP contribution < -0.4 is 10.6 Å². The number of rotatable bonds is 4. The predicted octanol–water partition coefficient (Wildman–Crippen LogP) is 4.72. The summed E-state index contributed by atoms with van der Waals surface area (Å²) in [6.07, 6.45) is 6.16. The quantitative estimate of drug-likeness (QED) is 0.717. The van der Waals surface area contributed by atoms with E-state index in [0.717, 1.165) is 77.2 Å². The molecule has 134 valence electrons. The van der Waals surface area contributed by atoms with Gasteiger partial charge < -0.3 is 10.6 Å². The Morgan fingerprint density at radius 1 is 1.31 bits per heavy atom. The maximum atomic E-state index is 4.71. The fourth-order valence-corrected chi connectivity index (χ4v) is 3.57. The van der Waals surface area contributed by atoms with Crippen molar-refractivity contribution >= 4 is 22.4 Å². The molecule has 0 radical (unpaired) electrons. The molecule has 1 aliphatic rings. The topological polar surface area (TPSA) is 54.8 Å². The highest BCUT2D eigenvalue weighted by Gasteiger charge is 2.16. The number of anilines is 2. The van der Waals surface area contributed by atoms with Gasteiger partial charge in [-0.3, -0.25) is 4.68 Å². The molecule has 0 aliphatic carbocycles. The average Bonchev–Trinajstić information content (AvgIpc) is 2.82. The van der Waals surface area contributed by atoms with Crippen molar-refractivity contribution in [3.8, 4) is 11.1 Å². The number of aromatic nitrogens is 3. The standard InChI is InChI=1S/C21H25N5/c1-4-5-8-18-17-12-15(13-23-21(17)26(3)25-18)16-7-6-9-19-20(16)22-11-10-14(2)24-19/h6-7,9,12-13,22,24H,2,4-5,8,10-11H2,1,3H3. The van der Waals surface area contributed by atoms with E-state index < -0.39 is 0 Å². The molecule has 0 amide bonds. The summed E-state index contributed by atoms with van der Waals surface area (Å²) in [4.78, 5) is 4.71. The molecule has 0 bridgehead atoms. The van der Waals surface area contributed by atoms with E-state index in [9.17, 15) is 0 Å². The summed E-state index contributed by atoms with van der Waals surface area (Å²) in [5, 5.41) is 12.8. The van der Waals surface area contributed by atoms with E-state index in [-0.39, 0.29) is 0 Å². The lowest BCUT2D eigenvalue weighted by atomic mass is 10.0. The molecule has 1 aromatic carbocycles. The summed E-state index contributed by atoms with van der Waals surface area (Å²) in [7, 11) is 1.97. The minimum absolute atomic E-state index is 0.875. The molecule has 2 aromatic heterocycles. The van der Waals surface area contributed by atoms with E-state index in [2.05, 4.69) is 53.5 Å². The molecule has 1 aliphatic heterocycles. The minimum atomic E-state index is 0.875. The smallest absolute Gasteiger partial charge is 0.157 e. The second-order valence-electron chi connectivity index (χ2n) is 6.90. The molecule has 3 aromatic rings. The maximum absolute atomic E-state index is 4.71. The van der Waals surface area contributed by atoms with E-state index in [1.165, 1.54) is 0 Å². The van der Waals surface area contributed by atoms with Gasteiger partial charge in [0.05, 0.1) is 17.1 Å². The lowest BCUT2D eigenvalue weighted by Gasteiger charge is -2.14. The monoisotopic (exact) mass is 347 g/mol. The van der Waals surface area contributed by atoms with Crippen molar-refractivity contribution in [2.45, 2.75) is 32.6 Å². The van der Waals surface area contributed by atoms with Gasteiger partial charge in [-0.15, -0.1) is 0 Å². The third-order valence-corrected chi connectivity index (χ3v) is 4.94. The molecule has 0 spiro atoms. The number of benzene rings is 1. The molecule has 0 fully saturated rings. The van der Waals surface area contributed by atoms with Crippen LogP contribution in [0.3, 0.4) is 0 Å². The molecule has 3 heterocycles. The Labute approximate surface area is 154 Å². The highest BCUT2D eigenvalue weighted by Crippen LogP contribution is 2.37. The molecule has 0 unspecified atom stereocenters. The SMILES string of the molecule is C=C1CCNc2c(cccc2-c2cnc3c(c2)c(CCCC)nn3C)N1. The average molecular weight is 347 g/mol. The second kappa shape index (κ2) is 6.83. The number of hydrogen-bond acceptors (Lipinski definition) is 4. The molecule has 5 nitrogen and oxygen atoms in total. The Morgan fingerprint density at radius 2 is 2.19 bits per heavy atom. The van der Waals surface area contributed by atoms with Crippen molar-refractivity contribution < 1.29 is 0 Å². The summed E-state index contributed by atoms with van der Waals surface area (Å²) >= 11 is 0. The molecule has 2 N–H and O–H groups in total. The first-order chi connectivity index (χ1) is 12.7. The van der Waals surface area contributed by atoms with Crippen LogP contribution in [0.5, 0.6) is 0 Å². The normalized spacial score (nSPS) is 13.8. The van der Waals surface area contributed by atoms with E-state index in [4.69, 9.17) is 4.98 Å². The molecular weight excluding hydrogens is 322 g/mol. The third kappa shape index (κ3) is 2.94. The molecule has 0 saturated heterocycles. The molecule has 5 heteroatoms. The lowest BCUT2D eigenvalue weighted by Crippen LogP contribution is -2.00. The van der Waals surface area contributed by atoms with Crippen molar-refractivity contribution in [2.24, 2.45) is 7.05 Å². The minimum Gasteiger partial charge on any atom is -0.382 e. The zero-order valence-corrected chi connectivity index (χ0v) is 15.5. The van der Waals surface area contributed by atoms with Gasteiger partial charge in [-0.2, -0.15) is 5.10 Å². The summed E-state index contributed by atoms with van der Waals surface area (Å²) in [5.74, 6) is 0. The van der Waals surface area contributed by atoms with Gasteiger partial charge in [0.15, 0.2) is 5.65 Å². The van der Waals surface area contributed by atoms with E-state index in [1.54, 1.807) is 0 Å². The van der Waals surface area contributed by atoms with E-state index in [0.29, 0.717) is 0 Å². The van der Waals surface area contributed by atoms with Crippen LogP contribution >= 0.6 is 0 Å². The number of fused-ring (bicyclic) bond motifs is 2. The zero-order valence-electron chi connectivity index (χ0n) is 15.5. The maximum Gasteiger partial charge on any atom is 0.157 e. The highest BCUT2D eigenvalue weighted by molar-refractivity contribution is 5.91. The summed E-state index contributed by atoms with van der Waals surface area (Å²) < 4.78 is 1.89. The number of aryl methyl sites for hydroxylation is 2. The van der Waals surface area contributed by atoms with Crippen LogP contribution in [-0.4, -0.2) is 21.3 Å². The Bertz CT molecular complexity index is 970. The van der Waals surface area contributed by atoms with Crippen LogP contribution in [0, 0.1) is 0 Å². The molecule has 26 heavy (non-hydrogen) atoms. The van der Waals surface area contributed by atoms with Gasteiger partial charge in [0.25, 0.3) is 0 Å². The van der Waals surface area contributed by atoms with Crippen LogP contribution in [0.25, 0.3) is 22.2 Å². The first-order valence-electron chi connectivity index (χ1n) is 9.31. The molecular formula is C21H25N5. The fraction of sp³-hybridized carbons (Fsp3) is 0.333. The van der Waals surface area contributed by atoms with Crippen LogP contribution in [0.1, 0.15) is 31.9 Å². The predicted molar refractivity (Wildman–Crippen MR) is 108 cm³/mol. The number of nitrogens with one attached hydrogen (secondary N) is 2. The second-order valence-corrected chi connectivity index (χ2v) is 6.90. The molecule has 0 saturated carbocycles. The number of hydrogen-bond donors (Lipinski definition) is 2. The lowest BCUT2D eigenvalue weighted by molar-refractivity contribution is 0.722. The van der Waals surface area contributed by atoms with Crippen LogP contribution in [-0.2, 0) is 13.5 Å². The number of pyridine rings is 1. The Balaban J connectivity index is 1.82. The van der Waals surface area contributed by atoms with Gasteiger partial charge in [-0.25, -0.2) is 4.98 Å². The first-order valence-corrected chi connectivity index (χ1v) is 9.31. The Hall–Kier alpha value is -2.82. The van der Waals surface area contributed by atoms with Crippen LogP contribution in [0.4, 0.5) is 11.4 Å². The van der Waals surface area contributed by atoms with E-state index in [1.807, 2.05) is 17.9 Å².